The maximum atomic E-state index is 11.9. The fraction of sp³-hybridized carbons (Fsp3) is 0.278. The smallest absolute Gasteiger partial charge is 0.312 e. The Hall–Kier alpha value is -2.29. The maximum Gasteiger partial charge on any atom is 0.312 e. The number of benzene rings is 2. The van der Waals surface area contributed by atoms with Gasteiger partial charge in [0.15, 0.2) is 0 Å². The predicted molar refractivity (Wildman–Crippen MR) is 81.0 cm³/mol. The molecule has 0 radical (unpaired) electrons. The van der Waals surface area contributed by atoms with E-state index < -0.39 is 0 Å². The van der Waals surface area contributed by atoms with Gasteiger partial charge in [0, 0.05) is 11.5 Å². The second kappa shape index (κ2) is 5.24. The third kappa shape index (κ3) is 2.40. The molecule has 1 atom stereocenters. The number of fused-ring (bicyclic) bond motifs is 1. The van der Waals surface area contributed by atoms with Gasteiger partial charge >= 0.3 is 5.97 Å². The van der Waals surface area contributed by atoms with Crippen molar-refractivity contribution in [1.82, 2.24) is 0 Å². The van der Waals surface area contributed by atoms with Crippen LogP contribution >= 0.6 is 0 Å². The largest absolute Gasteiger partial charge is 0.497 e. The molecule has 0 aromatic heterocycles. The molecule has 0 N–H and O–H groups in total. The van der Waals surface area contributed by atoms with Crippen LogP contribution in [0.2, 0.25) is 0 Å². The van der Waals surface area contributed by atoms with Gasteiger partial charge in [0.25, 0.3) is 0 Å². The average Bonchev–Trinajstić information content (AvgIpc) is 2.50. The summed E-state index contributed by atoms with van der Waals surface area (Å²) in [4.78, 5) is 11.9. The van der Waals surface area contributed by atoms with Crippen molar-refractivity contribution in [3.63, 3.8) is 0 Å². The zero-order valence-electron chi connectivity index (χ0n) is 12.5. The molecule has 0 aliphatic carbocycles. The van der Waals surface area contributed by atoms with Crippen LogP contribution in [0.4, 0.5) is 0 Å². The van der Waals surface area contributed by atoms with Crippen molar-refractivity contribution in [3.8, 4) is 11.5 Å². The van der Waals surface area contributed by atoms with Gasteiger partial charge in [-0.05, 0) is 42.7 Å². The van der Waals surface area contributed by atoms with Crippen LogP contribution in [0.3, 0.4) is 0 Å². The zero-order chi connectivity index (χ0) is 15.0. The van der Waals surface area contributed by atoms with Crippen LogP contribution in [0.5, 0.6) is 11.5 Å². The van der Waals surface area contributed by atoms with Crippen LogP contribution in [0.1, 0.15) is 34.6 Å². The molecule has 0 saturated carbocycles. The molecule has 2 aromatic rings. The van der Waals surface area contributed by atoms with Crippen LogP contribution in [0, 0.1) is 13.8 Å². The molecule has 1 aliphatic heterocycles. The number of hydrogen-bond donors (Lipinski definition) is 0. The predicted octanol–water partition coefficient (Wildman–Crippen LogP) is 3.75. The molecule has 3 rings (SSSR count). The van der Waals surface area contributed by atoms with Gasteiger partial charge in [0.05, 0.1) is 13.5 Å². The van der Waals surface area contributed by atoms with Gasteiger partial charge in [-0.15, -0.1) is 0 Å². The van der Waals surface area contributed by atoms with E-state index in [0.717, 1.165) is 33.8 Å². The quantitative estimate of drug-likeness (QED) is 0.621. The molecular weight excluding hydrogens is 264 g/mol. The van der Waals surface area contributed by atoms with E-state index >= 15 is 0 Å². The maximum absolute atomic E-state index is 11.9. The summed E-state index contributed by atoms with van der Waals surface area (Å²) < 4.78 is 10.7. The molecule has 0 amide bonds. The highest BCUT2D eigenvalue weighted by atomic mass is 16.5. The first-order valence-electron chi connectivity index (χ1n) is 7.05. The first-order valence-corrected chi connectivity index (χ1v) is 7.05. The molecule has 0 bridgehead atoms. The van der Waals surface area contributed by atoms with Crippen molar-refractivity contribution in [2.75, 3.05) is 7.11 Å². The molecule has 1 unspecified atom stereocenters. The van der Waals surface area contributed by atoms with E-state index in [0.29, 0.717) is 6.42 Å². The van der Waals surface area contributed by atoms with Crippen molar-refractivity contribution in [3.05, 3.63) is 58.7 Å². The molecule has 3 heteroatoms. The molecule has 1 aliphatic rings. The van der Waals surface area contributed by atoms with E-state index in [1.807, 2.05) is 37.3 Å². The van der Waals surface area contributed by atoms with Gasteiger partial charge in [-0.3, -0.25) is 4.79 Å². The van der Waals surface area contributed by atoms with Crippen LogP contribution in [0.25, 0.3) is 0 Å². The third-order valence-electron chi connectivity index (χ3n) is 4.06. The fourth-order valence-electron chi connectivity index (χ4n) is 2.92. The number of rotatable bonds is 2. The van der Waals surface area contributed by atoms with E-state index in [2.05, 4.69) is 13.0 Å². The number of aryl methyl sites for hydroxylation is 2. The SMILES string of the molecule is COc1ccc(C2CC(=O)Oc3c(C)ccc(C)c32)cc1. The zero-order valence-corrected chi connectivity index (χ0v) is 12.5. The first kappa shape index (κ1) is 13.7. The Bertz CT molecular complexity index is 686. The third-order valence-corrected chi connectivity index (χ3v) is 4.06. The normalized spacial score (nSPS) is 17.1. The summed E-state index contributed by atoms with van der Waals surface area (Å²) in [5.74, 6) is 1.43. The molecule has 1 heterocycles. The van der Waals surface area contributed by atoms with Crippen molar-refractivity contribution < 1.29 is 14.3 Å². The van der Waals surface area contributed by atoms with Crippen LogP contribution in [-0.4, -0.2) is 13.1 Å². The number of ether oxygens (including phenoxy) is 2. The molecular formula is C18H18O3. The van der Waals surface area contributed by atoms with Crippen LogP contribution in [-0.2, 0) is 4.79 Å². The Morgan fingerprint density at radius 3 is 2.38 bits per heavy atom. The molecule has 3 nitrogen and oxygen atoms in total. The summed E-state index contributed by atoms with van der Waals surface area (Å²) in [5.41, 5.74) is 4.40. The summed E-state index contributed by atoms with van der Waals surface area (Å²) in [5, 5.41) is 0. The number of carbonyl (C=O) groups excluding carboxylic acids is 1. The molecule has 108 valence electrons. The second-order valence-corrected chi connectivity index (χ2v) is 5.45. The van der Waals surface area contributed by atoms with Crippen molar-refractivity contribution in [2.24, 2.45) is 0 Å². The summed E-state index contributed by atoms with van der Waals surface area (Å²) in [6.45, 7) is 4.04. The summed E-state index contributed by atoms with van der Waals surface area (Å²) >= 11 is 0. The fourth-order valence-corrected chi connectivity index (χ4v) is 2.92. The molecule has 0 saturated heterocycles. The minimum Gasteiger partial charge on any atom is -0.497 e. The number of esters is 1. The summed E-state index contributed by atoms with van der Waals surface area (Å²) in [6.07, 6.45) is 0.379. The van der Waals surface area contributed by atoms with E-state index in [1.54, 1.807) is 7.11 Å². The Balaban J connectivity index is 2.12. The van der Waals surface area contributed by atoms with Crippen molar-refractivity contribution >= 4 is 5.97 Å². The number of carbonyl (C=O) groups is 1. The van der Waals surface area contributed by atoms with Crippen LogP contribution in [0.15, 0.2) is 36.4 Å². The first-order chi connectivity index (χ1) is 10.1. The van der Waals surface area contributed by atoms with Gasteiger partial charge in [-0.25, -0.2) is 0 Å². The molecule has 21 heavy (non-hydrogen) atoms. The standard InChI is InChI=1S/C18H18O3/c1-11-4-5-12(2)18-17(11)15(10-16(19)21-18)13-6-8-14(20-3)9-7-13/h4-9,15H,10H2,1-3H3. The lowest BCUT2D eigenvalue weighted by Crippen LogP contribution is -2.22. The highest BCUT2D eigenvalue weighted by molar-refractivity contribution is 5.79. The molecule has 0 fully saturated rings. The highest BCUT2D eigenvalue weighted by Crippen LogP contribution is 2.42. The van der Waals surface area contributed by atoms with Gasteiger partial charge in [0.1, 0.15) is 11.5 Å². The lowest BCUT2D eigenvalue weighted by molar-refractivity contribution is -0.135. The van der Waals surface area contributed by atoms with Crippen molar-refractivity contribution in [1.29, 1.82) is 0 Å². The molecule has 0 spiro atoms. The van der Waals surface area contributed by atoms with Gasteiger partial charge in [-0.1, -0.05) is 24.3 Å². The minimum atomic E-state index is -0.169. The Morgan fingerprint density at radius 2 is 1.71 bits per heavy atom. The average molecular weight is 282 g/mol. The van der Waals surface area contributed by atoms with Gasteiger partial charge < -0.3 is 9.47 Å². The Kier molecular flexibility index (Phi) is 3.42. The van der Waals surface area contributed by atoms with Gasteiger partial charge in [0.2, 0.25) is 0 Å². The topological polar surface area (TPSA) is 35.5 Å². The lowest BCUT2D eigenvalue weighted by Gasteiger charge is -2.28. The highest BCUT2D eigenvalue weighted by Gasteiger charge is 2.30. The van der Waals surface area contributed by atoms with E-state index in [4.69, 9.17) is 9.47 Å². The van der Waals surface area contributed by atoms with E-state index in [-0.39, 0.29) is 11.9 Å². The van der Waals surface area contributed by atoms with Crippen molar-refractivity contribution in [2.45, 2.75) is 26.2 Å². The summed E-state index contributed by atoms with van der Waals surface area (Å²) in [7, 11) is 1.65. The lowest BCUT2D eigenvalue weighted by atomic mass is 9.83. The van der Waals surface area contributed by atoms with E-state index in [9.17, 15) is 4.79 Å². The van der Waals surface area contributed by atoms with E-state index in [1.165, 1.54) is 0 Å². The number of hydrogen-bond acceptors (Lipinski definition) is 3. The monoisotopic (exact) mass is 282 g/mol. The molecule has 2 aromatic carbocycles. The summed E-state index contributed by atoms with van der Waals surface area (Å²) in [6, 6.07) is 12.0. The minimum absolute atomic E-state index is 0.0482. The van der Waals surface area contributed by atoms with Gasteiger partial charge in [-0.2, -0.15) is 0 Å². The van der Waals surface area contributed by atoms with Crippen LogP contribution < -0.4 is 9.47 Å². The second-order valence-electron chi connectivity index (χ2n) is 5.45. The Labute approximate surface area is 124 Å². The number of methoxy groups -OCH3 is 1. The Morgan fingerprint density at radius 1 is 1.05 bits per heavy atom.